The maximum absolute atomic E-state index is 12.6. The van der Waals surface area contributed by atoms with Crippen molar-refractivity contribution in [3.63, 3.8) is 0 Å². The molecule has 1 fully saturated rings. The first-order valence-corrected chi connectivity index (χ1v) is 13.5. The average molecular weight is 511 g/mol. The van der Waals surface area contributed by atoms with E-state index in [0.717, 1.165) is 58.3 Å². The summed E-state index contributed by atoms with van der Waals surface area (Å²) in [6.07, 6.45) is 6.10. The molecule has 7 nitrogen and oxygen atoms in total. The number of carbonyl (C=O) groups excluding carboxylic acids is 1. The average Bonchev–Trinajstić information content (AvgIpc) is 3.68. The second-order valence-electron chi connectivity index (χ2n) is 11.6. The zero-order valence-corrected chi connectivity index (χ0v) is 22.9. The first-order valence-electron chi connectivity index (χ1n) is 13.5. The zero-order chi connectivity index (χ0) is 26.9. The number of benzene rings is 2. The summed E-state index contributed by atoms with van der Waals surface area (Å²) >= 11 is 0. The van der Waals surface area contributed by atoms with Gasteiger partial charge in [-0.25, -0.2) is 9.97 Å². The van der Waals surface area contributed by atoms with Crippen LogP contribution >= 0.6 is 0 Å². The molecule has 5 rings (SSSR count). The summed E-state index contributed by atoms with van der Waals surface area (Å²) in [5, 5.41) is 6.65. The number of hydrogen-bond acceptors (Lipinski definition) is 4. The highest BCUT2D eigenvalue weighted by Crippen LogP contribution is 2.29. The SMILES string of the molecule is CC(C)[C@H](NC(=O)C(C)(C)C)c1ncc(-c2ccc(-c3ccc(-c4cnc(C5CCCN5)[nH]4)cc3)cc2)[nH]1. The van der Waals surface area contributed by atoms with Gasteiger partial charge >= 0.3 is 0 Å². The molecule has 2 aromatic carbocycles. The Morgan fingerprint density at radius 1 is 0.868 bits per heavy atom. The van der Waals surface area contributed by atoms with Crippen molar-refractivity contribution in [1.29, 1.82) is 0 Å². The van der Waals surface area contributed by atoms with Gasteiger partial charge in [-0.15, -0.1) is 0 Å². The Labute approximate surface area is 224 Å². The fourth-order valence-electron chi connectivity index (χ4n) is 4.81. The van der Waals surface area contributed by atoms with Crippen LogP contribution in [0.2, 0.25) is 0 Å². The molecule has 4 N–H and O–H groups in total. The van der Waals surface area contributed by atoms with Gasteiger partial charge in [-0.2, -0.15) is 0 Å². The van der Waals surface area contributed by atoms with Gasteiger partial charge in [0.15, 0.2) is 0 Å². The Kier molecular flexibility index (Phi) is 7.21. The summed E-state index contributed by atoms with van der Waals surface area (Å²) in [5.74, 6) is 2.02. The molecular formula is C31H38N6O. The molecule has 1 aliphatic rings. The zero-order valence-electron chi connectivity index (χ0n) is 22.9. The molecular weight excluding hydrogens is 472 g/mol. The van der Waals surface area contributed by atoms with Gasteiger partial charge < -0.3 is 20.6 Å². The van der Waals surface area contributed by atoms with Gasteiger partial charge in [-0.05, 0) is 47.6 Å². The predicted octanol–water partition coefficient (Wildman–Crippen LogP) is 6.42. The fourth-order valence-corrected chi connectivity index (χ4v) is 4.81. The lowest BCUT2D eigenvalue weighted by molar-refractivity contribution is -0.129. The molecule has 3 heterocycles. The van der Waals surface area contributed by atoms with Gasteiger partial charge in [-0.3, -0.25) is 4.79 Å². The number of nitrogens with one attached hydrogen (secondary N) is 4. The molecule has 0 saturated carbocycles. The number of carbonyl (C=O) groups is 1. The molecule has 0 aliphatic carbocycles. The van der Waals surface area contributed by atoms with E-state index in [2.05, 4.69) is 92.9 Å². The Balaban J connectivity index is 1.28. The number of aromatic amines is 2. The highest BCUT2D eigenvalue weighted by molar-refractivity contribution is 5.81. The van der Waals surface area contributed by atoms with Crippen LogP contribution in [0.25, 0.3) is 33.6 Å². The third-order valence-electron chi connectivity index (χ3n) is 7.24. The van der Waals surface area contributed by atoms with Crippen LogP contribution in [0.1, 0.15) is 71.2 Å². The van der Waals surface area contributed by atoms with E-state index >= 15 is 0 Å². The molecule has 1 unspecified atom stereocenters. The summed E-state index contributed by atoms with van der Waals surface area (Å²) in [6.45, 7) is 11.0. The summed E-state index contributed by atoms with van der Waals surface area (Å²) in [5.41, 5.74) is 6.02. The number of rotatable bonds is 7. The van der Waals surface area contributed by atoms with Gasteiger partial charge in [0.05, 0.1) is 35.9 Å². The van der Waals surface area contributed by atoms with Crippen LogP contribution in [0.15, 0.2) is 60.9 Å². The standard InChI is InChI=1S/C31H38N6O/c1-19(2)27(37-30(38)31(3,4)5)29-34-18-26(36-29)23-14-10-21(11-15-23)20-8-12-22(13-9-20)25-17-33-28(35-25)24-7-6-16-32-24/h8-15,17-19,24,27,32H,6-7,16H2,1-5H3,(H,33,35)(H,34,36)(H,37,38)/t24?,27-/m0/s1. The summed E-state index contributed by atoms with van der Waals surface area (Å²) < 4.78 is 0. The first kappa shape index (κ1) is 25.9. The number of imidazole rings is 2. The molecule has 1 saturated heterocycles. The van der Waals surface area contributed by atoms with Crippen LogP contribution in [0, 0.1) is 11.3 Å². The molecule has 0 spiro atoms. The molecule has 4 aromatic rings. The molecule has 2 aromatic heterocycles. The molecule has 1 aliphatic heterocycles. The maximum atomic E-state index is 12.6. The van der Waals surface area contributed by atoms with Crippen molar-refractivity contribution in [2.24, 2.45) is 11.3 Å². The molecule has 0 bridgehead atoms. The minimum absolute atomic E-state index is 0.0170. The van der Waals surface area contributed by atoms with Crippen LogP contribution in [-0.2, 0) is 4.79 Å². The summed E-state index contributed by atoms with van der Waals surface area (Å²) in [6, 6.07) is 17.2. The Morgan fingerprint density at radius 2 is 1.42 bits per heavy atom. The lowest BCUT2D eigenvalue weighted by Gasteiger charge is -2.25. The maximum Gasteiger partial charge on any atom is 0.225 e. The predicted molar refractivity (Wildman–Crippen MR) is 152 cm³/mol. The number of aromatic nitrogens is 4. The van der Waals surface area contributed by atoms with Crippen LogP contribution in [0.4, 0.5) is 0 Å². The molecule has 38 heavy (non-hydrogen) atoms. The lowest BCUT2D eigenvalue weighted by Crippen LogP contribution is -2.39. The molecule has 1 amide bonds. The lowest BCUT2D eigenvalue weighted by atomic mass is 9.94. The van der Waals surface area contributed by atoms with Crippen molar-refractivity contribution in [3.8, 4) is 33.6 Å². The third kappa shape index (κ3) is 5.58. The highest BCUT2D eigenvalue weighted by atomic mass is 16.2. The Morgan fingerprint density at radius 3 is 1.95 bits per heavy atom. The number of hydrogen-bond donors (Lipinski definition) is 4. The number of amides is 1. The van der Waals surface area contributed by atoms with Gasteiger partial charge in [0, 0.05) is 5.41 Å². The van der Waals surface area contributed by atoms with E-state index in [0.29, 0.717) is 6.04 Å². The monoisotopic (exact) mass is 510 g/mol. The van der Waals surface area contributed by atoms with Crippen molar-refractivity contribution >= 4 is 5.91 Å². The second-order valence-corrected chi connectivity index (χ2v) is 11.6. The molecule has 0 radical (unpaired) electrons. The van der Waals surface area contributed by atoms with Crippen LogP contribution in [-0.4, -0.2) is 32.4 Å². The Bertz CT molecular complexity index is 1370. The van der Waals surface area contributed by atoms with E-state index in [9.17, 15) is 4.79 Å². The van der Waals surface area contributed by atoms with Gasteiger partial charge in [-0.1, -0.05) is 83.1 Å². The highest BCUT2D eigenvalue weighted by Gasteiger charge is 2.28. The minimum Gasteiger partial charge on any atom is -0.345 e. The van der Waals surface area contributed by atoms with Crippen LogP contribution < -0.4 is 10.6 Å². The third-order valence-corrected chi connectivity index (χ3v) is 7.24. The Hall–Kier alpha value is -3.71. The fraction of sp³-hybridized carbons (Fsp3) is 0.387. The quantitative estimate of drug-likeness (QED) is 0.231. The van der Waals surface area contributed by atoms with E-state index in [-0.39, 0.29) is 17.9 Å². The van der Waals surface area contributed by atoms with E-state index in [1.54, 1.807) is 0 Å². The first-order chi connectivity index (χ1) is 18.2. The van der Waals surface area contributed by atoms with Gasteiger partial charge in [0.1, 0.15) is 11.6 Å². The minimum atomic E-state index is -0.454. The molecule has 198 valence electrons. The molecule has 7 heteroatoms. The van der Waals surface area contributed by atoms with E-state index < -0.39 is 5.41 Å². The van der Waals surface area contributed by atoms with E-state index in [4.69, 9.17) is 0 Å². The van der Waals surface area contributed by atoms with Crippen LogP contribution in [0.3, 0.4) is 0 Å². The van der Waals surface area contributed by atoms with Crippen molar-refractivity contribution in [2.45, 2.75) is 59.5 Å². The van der Waals surface area contributed by atoms with Crippen molar-refractivity contribution in [2.75, 3.05) is 6.54 Å². The number of nitrogens with zero attached hydrogens (tertiary/aromatic N) is 2. The van der Waals surface area contributed by atoms with E-state index in [1.807, 2.05) is 33.2 Å². The van der Waals surface area contributed by atoms with Gasteiger partial charge in [0.2, 0.25) is 5.91 Å². The summed E-state index contributed by atoms with van der Waals surface area (Å²) in [4.78, 5) is 28.7. The van der Waals surface area contributed by atoms with Gasteiger partial charge in [0.25, 0.3) is 0 Å². The normalized spacial score (nSPS) is 16.6. The van der Waals surface area contributed by atoms with Crippen molar-refractivity contribution in [1.82, 2.24) is 30.6 Å². The van der Waals surface area contributed by atoms with Crippen molar-refractivity contribution < 1.29 is 4.79 Å². The topological polar surface area (TPSA) is 98.5 Å². The number of H-pyrrole nitrogens is 2. The smallest absolute Gasteiger partial charge is 0.225 e. The molecule has 2 atom stereocenters. The summed E-state index contributed by atoms with van der Waals surface area (Å²) in [7, 11) is 0. The second kappa shape index (κ2) is 10.6. The van der Waals surface area contributed by atoms with E-state index in [1.165, 1.54) is 6.42 Å². The van der Waals surface area contributed by atoms with Crippen LogP contribution in [0.5, 0.6) is 0 Å². The van der Waals surface area contributed by atoms with Crippen molar-refractivity contribution in [3.05, 3.63) is 72.6 Å². The largest absolute Gasteiger partial charge is 0.345 e.